The quantitative estimate of drug-likeness (QED) is 0.748. The molecule has 0 aliphatic heterocycles. The van der Waals surface area contributed by atoms with Crippen LogP contribution in [0, 0.1) is 0 Å². The maximum absolute atomic E-state index is 11.9. The average molecular weight is 303 g/mol. The van der Waals surface area contributed by atoms with Crippen LogP contribution in [0.4, 0.5) is 5.69 Å². The number of unbranched alkanes of at least 4 members (excludes halogenated alkanes) is 1. The molecule has 0 bridgehead atoms. The maximum Gasteiger partial charge on any atom is 0.283 e. The highest BCUT2D eigenvalue weighted by molar-refractivity contribution is 9.10. The van der Waals surface area contributed by atoms with Crippen LogP contribution in [0.1, 0.15) is 19.8 Å². The molecule has 0 aliphatic rings. The zero-order valence-electron chi connectivity index (χ0n) is 10.3. The molecule has 0 radical (unpaired) electrons. The van der Waals surface area contributed by atoms with Crippen LogP contribution in [0.15, 0.2) is 15.5 Å². The van der Waals surface area contributed by atoms with Crippen LogP contribution in [0.25, 0.3) is 0 Å². The summed E-state index contributed by atoms with van der Waals surface area (Å²) in [5.41, 5.74) is 0.672. The first-order valence-electron chi connectivity index (χ1n) is 5.84. The number of aryl methyl sites for hydroxylation is 1. The summed E-state index contributed by atoms with van der Waals surface area (Å²) in [7, 11) is 1.89. The number of anilines is 1. The van der Waals surface area contributed by atoms with Crippen LogP contribution < -0.4 is 16.2 Å². The molecular formula is C11H19BrN4O. The van der Waals surface area contributed by atoms with Gasteiger partial charge < -0.3 is 10.6 Å². The van der Waals surface area contributed by atoms with Crippen molar-refractivity contribution in [3.8, 4) is 0 Å². The van der Waals surface area contributed by atoms with E-state index in [4.69, 9.17) is 0 Å². The molecule has 2 N–H and O–H groups in total. The molecule has 96 valence electrons. The summed E-state index contributed by atoms with van der Waals surface area (Å²) in [6.45, 7) is 4.36. The number of halogens is 1. The molecular weight excluding hydrogens is 284 g/mol. The highest BCUT2D eigenvalue weighted by Gasteiger charge is 2.07. The fourth-order valence-corrected chi connectivity index (χ4v) is 1.82. The van der Waals surface area contributed by atoms with E-state index >= 15 is 0 Å². The highest BCUT2D eigenvalue weighted by atomic mass is 79.9. The Hall–Kier alpha value is -0.880. The molecule has 0 fully saturated rings. The van der Waals surface area contributed by atoms with Crippen LogP contribution in [-0.2, 0) is 6.54 Å². The van der Waals surface area contributed by atoms with Crippen molar-refractivity contribution in [2.24, 2.45) is 0 Å². The zero-order valence-corrected chi connectivity index (χ0v) is 11.9. The van der Waals surface area contributed by atoms with Crippen molar-refractivity contribution in [3.63, 3.8) is 0 Å². The van der Waals surface area contributed by atoms with Crippen molar-refractivity contribution in [3.05, 3.63) is 21.0 Å². The molecule has 0 saturated heterocycles. The van der Waals surface area contributed by atoms with Gasteiger partial charge in [-0.3, -0.25) is 4.79 Å². The summed E-state index contributed by atoms with van der Waals surface area (Å²) in [6, 6.07) is 0. The summed E-state index contributed by atoms with van der Waals surface area (Å²) in [5, 5.41) is 10.3. The van der Waals surface area contributed by atoms with Gasteiger partial charge in [0.15, 0.2) is 0 Å². The Morgan fingerprint density at radius 1 is 1.47 bits per heavy atom. The second-order valence-electron chi connectivity index (χ2n) is 3.78. The lowest BCUT2D eigenvalue weighted by atomic mass is 10.3. The number of rotatable bonds is 7. The minimum absolute atomic E-state index is 0.0760. The van der Waals surface area contributed by atoms with Crippen molar-refractivity contribution in [1.29, 1.82) is 0 Å². The summed E-state index contributed by atoms with van der Waals surface area (Å²) in [4.78, 5) is 11.9. The van der Waals surface area contributed by atoms with E-state index in [9.17, 15) is 4.79 Å². The van der Waals surface area contributed by atoms with Crippen LogP contribution in [0.5, 0.6) is 0 Å². The van der Waals surface area contributed by atoms with Crippen molar-refractivity contribution in [1.82, 2.24) is 15.1 Å². The predicted octanol–water partition coefficient (Wildman–Crippen LogP) is 1.44. The van der Waals surface area contributed by atoms with Crippen molar-refractivity contribution < 1.29 is 0 Å². The van der Waals surface area contributed by atoms with E-state index in [0.29, 0.717) is 11.0 Å². The van der Waals surface area contributed by atoms with Gasteiger partial charge in [-0.25, -0.2) is 4.68 Å². The smallest absolute Gasteiger partial charge is 0.283 e. The molecule has 0 aromatic carbocycles. The lowest BCUT2D eigenvalue weighted by molar-refractivity contribution is 0.541. The van der Waals surface area contributed by atoms with Crippen LogP contribution in [0.2, 0.25) is 0 Å². The molecule has 1 rings (SSSR count). The van der Waals surface area contributed by atoms with Gasteiger partial charge in [0.2, 0.25) is 0 Å². The van der Waals surface area contributed by atoms with E-state index in [-0.39, 0.29) is 5.56 Å². The summed E-state index contributed by atoms with van der Waals surface area (Å²) in [5.74, 6) is 0. The lowest BCUT2D eigenvalue weighted by Gasteiger charge is -2.09. The third kappa shape index (κ3) is 4.12. The number of nitrogens with zero attached hydrogens (tertiary/aromatic N) is 2. The molecule has 0 atom stereocenters. The minimum atomic E-state index is -0.0760. The molecule has 0 unspecified atom stereocenters. The first-order valence-corrected chi connectivity index (χ1v) is 6.64. The van der Waals surface area contributed by atoms with Crippen molar-refractivity contribution >= 4 is 21.6 Å². The Morgan fingerprint density at radius 3 is 2.88 bits per heavy atom. The van der Waals surface area contributed by atoms with Crippen molar-refractivity contribution in [2.75, 3.05) is 25.5 Å². The first kappa shape index (κ1) is 14.2. The topological polar surface area (TPSA) is 59.0 Å². The van der Waals surface area contributed by atoms with Gasteiger partial charge in [0.05, 0.1) is 11.9 Å². The van der Waals surface area contributed by atoms with E-state index < -0.39 is 0 Å². The average Bonchev–Trinajstić information content (AvgIpc) is 2.34. The zero-order chi connectivity index (χ0) is 12.7. The monoisotopic (exact) mass is 302 g/mol. The third-order valence-corrected chi connectivity index (χ3v) is 3.17. The number of aromatic nitrogens is 2. The van der Waals surface area contributed by atoms with Crippen LogP contribution >= 0.6 is 15.9 Å². The Labute approximate surface area is 110 Å². The second-order valence-corrected chi connectivity index (χ2v) is 4.58. The van der Waals surface area contributed by atoms with Gasteiger partial charge in [0, 0.05) is 19.6 Å². The van der Waals surface area contributed by atoms with E-state index in [0.717, 1.165) is 31.6 Å². The summed E-state index contributed by atoms with van der Waals surface area (Å²) in [6.07, 6.45) is 3.70. The number of hydrogen-bond donors (Lipinski definition) is 2. The molecule has 0 amide bonds. The minimum Gasteiger partial charge on any atom is -0.381 e. The van der Waals surface area contributed by atoms with E-state index in [1.165, 1.54) is 4.68 Å². The number of hydrogen-bond acceptors (Lipinski definition) is 4. The summed E-state index contributed by atoms with van der Waals surface area (Å²) < 4.78 is 2.05. The fraction of sp³-hybridized carbons (Fsp3) is 0.636. The molecule has 6 heteroatoms. The van der Waals surface area contributed by atoms with E-state index in [1.54, 1.807) is 6.20 Å². The summed E-state index contributed by atoms with van der Waals surface area (Å²) >= 11 is 3.32. The highest BCUT2D eigenvalue weighted by Crippen LogP contribution is 2.15. The number of likely N-dealkylation sites (N-methyl/N-ethyl adjacent to an activating group) is 1. The Morgan fingerprint density at radius 2 is 2.24 bits per heavy atom. The molecule has 0 aliphatic carbocycles. The van der Waals surface area contributed by atoms with Crippen LogP contribution in [0.3, 0.4) is 0 Å². The SMILES string of the molecule is CCCCn1ncc(NCCNC)c(Br)c1=O. The molecule has 17 heavy (non-hydrogen) atoms. The Bertz CT molecular complexity index is 405. The molecule has 5 nitrogen and oxygen atoms in total. The normalized spacial score (nSPS) is 10.5. The number of nitrogens with one attached hydrogen (secondary N) is 2. The largest absolute Gasteiger partial charge is 0.381 e. The molecule has 1 heterocycles. The molecule has 1 aromatic rings. The van der Waals surface area contributed by atoms with Gasteiger partial charge in [0.1, 0.15) is 4.47 Å². The first-order chi connectivity index (χ1) is 8.20. The van der Waals surface area contributed by atoms with Crippen molar-refractivity contribution in [2.45, 2.75) is 26.3 Å². The van der Waals surface area contributed by atoms with Gasteiger partial charge in [-0.2, -0.15) is 5.10 Å². The standard InChI is InChI=1S/C11H19BrN4O/c1-3-4-7-16-11(17)10(12)9(8-15-16)14-6-5-13-2/h8,13-14H,3-7H2,1-2H3. The Balaban J connectivity index is 2.76. The molecule has 0 spiro atoms. The van der Waals surface area contributed by atoms with Gasteiger partial charge >= 0.3 is 0 Å². The van der Waals surface area contributed by atoms with Gasteiger partial charge in [-0.15, -0.1) is 0 Å². The molecule has 1 aromatic heterocycles. The van der Waals surface area contributed by atoms with E-state index in [2.05, 4.69) is 38.6 Å². The fourth-order valence-electron chi connectivity index (χ4n) is 1.38. The van der Waals surface area contributed by atoms with Gasteiger partial charge in [0.25, 0.3) is 5.56 Å². The Kier molecular flexibility index (Phi) is 6.21. The van der Waals surface area contributed by atoms with Crippen LogP contribution in [-0.4, -0.2) is 29.9 Å². The maximum atomic E-state index is 11.9. The predicted molar refractivity (Wildman–Crippen MR) is 73.5 cm³/mol. The lowest BCUT2D eigenvalue weighted by Crippen LogP contribution is -2.25. The molecule has 0 saturated carbocycles. The second kappa shape index (κ2) is 7.45. The van der Waals surface area contributed by atoms with Gasteiger partial charge in [-0.1, -0.05) is 13.3 Å². The van der Waals surface area contributed by atoms with E-state index in [1.807, 2.05) is 7.05 Å². The third-order valence-electron chi connectivity index (χ3n) is 2.40. The van der Waals surface area contributed by atoms with Gasteiger partial charge in [-0.05, 0) is 29.4 Å².